The Hall–Kier alpha value is -2.54. The fraction of sp³-hybridized carbons (Fsp3) is 0.333. The molecule has 0 heterocycles. The van der Waals surface area contributed by atoms with Crippen molar-refractivity contribution in [3.8, 4) is 0 Å². The second-order valence-corrected chi connectivity index (χ2v) is 8.19. The van der Waals surface area contributed by atoms with Gasteiger partial charge in [0.15, 0.2) is 0 Å². The summed E-state index contributed by atoms with van der Waals surface area (Å²) in [5, 5.41) is 0. The first-order valence-corrected chi connectivity index (χ1v) is 10.0. The Labute approximate surface area is 172 Å². The van der Waals surface area contributed by atoms with E-state index in [1.807, 2.05) is 6.08 Å². The molecule has 2 rings (SSSR count). The molecule has 0 saturated heterocycles. The fourth-order valence-electron chi connectivity index (χ4n) is 4.18. The van der Waals surface area contributed by atoms with E-state index in [0.717, 1.165) is 0 Å². The van der Waals surface area contributed by atoms with Crippen LogP contribution in [0.2, 0.25) is 0 Å². The molecule has 0 amide bonds. The van der Waals surface area contributed by atoms with Crippen LogP contribution in [-0.4, -0.2) is 0 Å². The topological polar surface area (TPSA) is 3.24 Å². The number of benzene rings is 2. The van der Waals surface area contributed by atoms with E-state index in [1.54, 1.807) is 0 Å². The largest absolute Gasteiger partial charge is 0.313 e. The third kappa shape index (κ3) is 4.47. The Kier molecular flexibility index (Phi) is 6.72. The third-order valence-corrected chi connectivity index (χ3v) is 5.39. The highest BCUT2D eigenvalue weighted by Gasteiger charge is 2.21. The Balaban J connectivity index is 2.90. The molecule has 0 aliphatic carbocycles. The summed E-state index contributed by atoms with van der Waals surface area (Å²) in [6.45, 7) is 23.6. The van der Waals surface area contributed by atoms with Gasteiger partial charge in [-0.3, -0.25) is 0 Å². The molecule has 0 N–H and O–H groups in total. The molecule has 0 bridgehead atoms. The number of nitrogens with zero attached hydrogens (tertiary/aromatic N) is 1. The molecule has 0 fully saturated rings. The number of hydrogen-bond acceptors (Lipinski definition) is 1. The van der Waals surface area contributed by atoms with Crippen molar-refractivity contribution in [2.45, 2.75) is 62.3 Å². The number of aryl methyl sites for hydroxylation is 6. The second kappa shape index (κ2) is 8.65. The molecule has 0 aromatic heterocycles. The van der Waals surface area contributed by atoms with Gasteiger partial charge in [0, 0.05) is 5.70 Å². The number of rotatable bonds is 5. The molecular weight excluding hydrogens is 338 g/mol. The molecule has 28 heavy (non-hydrogen) atoms. The lowest BCUT2D eigenvalue weighted by Crippen LogP contribution is -2.20. The van der Waals surface area contributed by atoms with Gasteiger partial charge in [0.05, 0.1) is 11.4 Å². The van der Waals surface area contributed by atoms with E-state index in [9.17, 15) is 0 Å². The van der Waals surface area contributed by atoms with Crippen molar-refractivity contribution in [3.05, 3.63) is 93.2 Å². The zero-order chi connectivity index (χ0) is 21.2. The van der Waals surface area contributed by atoms with Gasteiger partial charge in [-0.1, -0.05) is 59.7 Å². The first-order valence-electron chi connectivity index (χ1n) is 10.0. The van der Waals surface area contributed by atoms with Gasteiger partial charge in [0.1, 0.15) is 0 Å². The highest BCUT2D eigenvalue weighted by Crippen LogP contribution is 2.40. The van der Waals surface area contributed by atoms with Crippen LogP contribution in [0.25, 0.3) is 0 Å². The summed E-state index contributed by atoms with van der Waals surface area (Å²) in [5.74, 6) is 0. The minimum Gasteiger partial charge on any atom is -0.313 e. The molecule has 148 valence electrons. The normalized spacial score (nSPS) is 12.7. The van der Waals surface area contributed by atoms with Gasteiger partial charge < -0.3 is 4.90 Å². The van der Waals surface area contributed by atoms with Crippen LogP contribution in [0.5, 0.6) is 0 Å². The molecule has 0 saturated carbocycles. The molecule has 1 heteroatoms. The molecule has 0 unspecified atom stereocenters. The maximum Gasteiger partial charge on any atom is 0.0517 e. The van der Waals surface area contributed by atoms with Crippen molar-refractivity contribution in [2.75, 3.05) is 4.90 Å². The van der Waals surface area contributed by atoms with Crippen molar-refractivity contribution in [3.63, 3.8) is 0 Å². The molecule has 2 aromatic rings. The van der Waals surface area contributed by atoms with Crippen molar-refractivity contribution >= 4 is 11.4 Å². The summed E-state index contributed by atoms with van der Waals surface area (Å²) in [6.07, 6.45) is 4.12. The summed E-state index contributed by atoms with van der Waals surface area (Å²) in [4.78, 5) is 2.45. The van der Waals surface area contributed by atoms with E-state index in [4.69, 9.17) is 0 Å². The van der Waals surface area contributed by atoms with E-state index in [1.165, 1.54) is 61.6 Å². The highest BCUT2D eigenvalue weighted by molar-refractivity contribution is 5.78. The first kappa shape index (κ1) is 21.8. The molecule has 0 radical (unpaired) electrons. The van der Waals surface area contributed by atoms with Gasteiger partial charge >= 0.3 is 0 Å². The first-order chi connectivity index (χ1) is 13.1. The Morgan fingerprint density at radius 2 is 1.07 bits per heavy atom. The summed E-state index contributed by atoms with van der Waals surface area (Å²) < 4.78 is 0. The van der Waals surface area contributed by atoms with Gasteiger partial charge in [0.2, 0.25) is 0 Å². The summed E-state index contributed by atoms with van der Waals surface area (Å²) in [6, 6.07) is 9.12. The third-order valence-electron chi connectivity index (χ3n) is 5.39. The van der Waals surface area contributed by atoms with Gasteiger partial charge in [-0.05, 0) is 90.1 Å². The van der Waals surface area contributed by atoms with E-state index in [0.29, 0.717) is 0 Å². The SMILES string of the molecule is C=C/C(C)=C\C(C)=C(/C)N(c1c(C)cc(C)cc1C)c1c(C)cc(C)cc1C. The fourth-order valence-corrected chi connectivity index (χ4v) is 4.18. The lowest BCUT2D eigenvalue weighted by molar-refractivity contribution is 1.07. The molecule has 0 aliphatic heterocycles. The second-order valence-electron chi connectivity index (χ2n) is 8.19. The number of anilines is 2. The monoisotopic (exact) mass is 373 g/mol. The lowest BCUT2D eigenvalue weighted by Gasteiger charge is -2.33. The van der Waals surface area contributed by atoms with E-state index < -0.39 is 0 Å². The molecule has 0 aliphatic rings. The lowest BCUT2D eigenvalue weighted by atomic mass is 9.98. The van der Waals surface area contributed by atoms with E-state index in [-0.39, 0.29) is 0 Å². The zero-order valence-electron chi connectivity index (χ0n) is 19.1. The van der Waals surface area contributed by atoms with E-state index >= 15 is 0 Å². The van der Waals surface area contributed by atoms with Gasteiger partial charge in [-0.2, -0.15) is 0 Å². The molecular formula is C27H35N. The Morgan fingerprint density at radius 1 is 0.714 bits per heavy atom. The van der Waals surface area contributed by atoms with Gasteiger partial charge in [0.25, 0.3) is 0 Å². The van der Waals surface area contributed by atoms with Crippen LogP contribution in [0.4, 0.5) is 11.4 Å². The maximum absolute atomic E-state index is 3.91. The average molecular weight is 374 g/mol. The minimum absolute atomic E-state index is 1.17. The minimum atomic E-state index is 1.17. The van der Waals surface area contributed by atoms with Crippen LogP contribution in [-0.2, 0) is 0 Å². The standard InChI is InChI=1S/C27H35N/c1-11-17(2)12-20(5)25(10)28(26-21(6)13-18(3)14-22(26)7)27-23(8)15-19(4)16-24(27)9/h11-16H,1H2,2-10H3/b17-12-,25-20+. The van der Waals surface area contributed by atoms with E-state index in [2.05, 4.69) is 104 Å². The van der Waals surface area contributed by atoms with Crippen LogP contribution in [0.3, 0.4) is 0 Å². The van der Waals surface area contributed by atoms with Crippen LogP contribution >= 0.6 is 0 Å². The highest BCUT2D eigenvalue weighted by atomic mass is 15.2. The van der Waals surface area contributed by atoms with Crippen LogP contribution < -0.4 is 4.90 Å². The quantitative estimate of drug-likeness (QED) is 0.478. The predicted molar refractivity (Wildman–Crippen MR) is 126 cm³/mol. The van der Waals surface area contributed by atoms with Crippen molar-refractivity contribution < 1.29 is 0 Å². The van der Waals surface area contributed by atoms with Crippen LogP contribution in [0, 0.1) is 41.5 Å². The smallest absolute Gasteiger partial charge is 0.0517 e. The zero-order valence-corrected chi connectivity index (χ0v) is 19.1. The number of hydrogen-bond donors (Lipinski definition) is 0. The van der Waals surface area contributed by atoms with Crippen molar-refractivity contribution in [1.82, 2.24) is 0 Å². The summed E-state index contributed by atoms with van der Waals surface area (Å²) >= 11 is 0. The predicted octanol–water partition coefficient (Wildman–Crippen LogP) is 8.10. The summed E-state index contributed by atoms with van der Waals surface area (Å²) in [5.41, 5.74) is 14.0. The van der Waals surface area contributed by atoms with Crippen LogP contribution in [0.15, 0.2) is 59.8 Å². The number of allylic oxidation sites excluding steroid dienone is 5. The van der Waals surface area contributed by atoms with Gasteiger partial charge in [-0.15, -0.1) is 0 Å². The molecule has 0 atom stereocenters. The van der Waals surface area contributed by atoms with Crippen LogP contribution in [0.1, 0.15) is 54.2 Å². The maximum atomic E-state index is 3.91. The van der Waals surface area contributed by atoms with Crippen molar-refractivity contribution in [1.29, 1.82) is 0 Å². The molecule has 1 nitrogen and oxygen atoms in total. The van der Waals surface area contributed by atoms with Crippen molar-refractivity contribution in [2.24, 2.45) is 0 Å². The average Bonchev–Trinajstić information content (AvgIpc) is 2.57. The van der Waals surface area contributed by atoms with Gasteiger partial charge in [-0.25, -0.2) is 0 Å². The Bertz CT molecular complexity index is 866. The molecule has 2 aromatic carbocycles. The molecule has 0 spiro atoms. The Morgan fingerprint density at radius 3 is 1.39 bits per heavy atom. The summed E-state index contributed by atoms with van der Waals surface area (Å²) in [7, 11) is 0.